The number of esters is 1. The predicted molar refractivity (Wildman–Crippen MR) is 78.3 cm³/mol. The molecular formula is C15H14N2O4. The zero-order chi connectivity index (χ0) is 15.2. The van der Waals surface area contributed by atoms with Gasteiger partial charge < -0.3 is 9.47 Å². The van der Waals surface area contributed by atoms with E-state index in [4.69, 9.17) is 4.74 Å². The number of nitrogens with zero attached hydrogens (tertiary/aromatic N) is 1. The standard InChI is InChI=1S/C15H14N2O4/c1-3-9-21-15(19)17-11-6-4-5-10-7-8-12(14(18)20-2)16-13(10)11/h3-8H,1,9H2,2H3,(H,17,19). The molecule has 6 nitrogen and oxygen atoms in total. The van der Waals surface area contributed by atoms with Gasteiger partial charge in [0.25, 0.3) is 0 Å². The van der Waals surface area contributed by atoms with Gasteiger partial charge in [0.2, 0.25) is 0 Å². The third kappa shape index (κ3) is 3.36. The van der Waals surface area contributed by atoms with Gasteiger partial charge >= 0.3 is 12.1 Å². The lowest BCUT2D eigenvalue weighted by Crippen LogP contribution is -2.14. The van der Waals surface area contributed by atoms with Crippen LogP contribution in [0.1, 0.15) is 10.5 Å². The van der Waals surface area contributed by atoms with Crippen LogP contribution in [0.3, 0.4) is 0 Å². The van der Waals surface area contributed by atoms with Gasteiger partial charge in [0.15, 0.2) is 0 Å². The molecule has 0 atom stereocenters. The molecule has 1 aromatic heterocycles. The van der Waals surface area contributed by atoms with Crippen molar-refractivity contribution in [2.75, 3.05) is 19.0 Å². The summed E-state index contributed by atoms with van der Waals surface area (Å²) in [6.45, 7) is 3.57. The molecule has 21 heavy (non-hydrogen) atoms. The van der Waals surface area contributed by atoms with E-state index < -0.39 is 12.1 Å². The molecule has 1 heterocycles. The van der Waals surface area contributed by atoms with Crippen molar-refractivity contribution in [2.45, 2.75) is 0 Å². The van der Waals surface area contributed by atoms with E-state index in [1.54, 1.807) is 24.3 Å². The number of nitrogens with one attached hydrogen (secondary N) is 1. The van der Waals surface area contributed by atoms with E-state index in [2.05, 4.69) is 21.6 Å². The normalized spacial score (nSPS) is 9.95. The molecule has 0 radical (unpaired) electrons. The average Bonchev–Trinajstić information content (AvgIpc) is 2.52. The first-order valence-corrected chi connectivity index (χ1v) is 6.18. The van der Waals surface area contributed by atoms with Crippen molar-refractivity contribution in [3.05, 3.63) is 48.7 Å². The summed E-state index contributed by atoms with van der Waals surface area (Å²) in [5.74, 6) is -0.541. The van der Waals surface area contributed by atoms with Crippen molar-refractivity contribution in [2.24, 2.45) is 0 Å². The van der Waals surface area contributed by atoms with Crippen LogP contribution in [-0.4, -0.2) is 30.8 Å². The Kier molecular flexibility index (Phi) is 4.50. The molecule has 108 valence electrons. The van der Waals surface area contributed by atoms with Crippen molar-refractivity contribution < 1.29 is 19.1 Å². The van der Waals surface area contributed by atoms with Gasteiger partial charge in [0, 0.05) is 5.39 Å². The minimum absolute atomic E-state index is 0.109. The van der Waals surface area contributed by atoms with Crippen LogP contribution in [0.15, 0.2) is 43.0 Å². The van der Waals surface area contributed by atoms with Crippen molar-refractivity contribution in [3.63, 3.8) is 0 Å². The molecule has 0 fully saturated rings. The molecule has 0 bridgehead atoms. The number of aromatic nitrogens is 1. The van der Waals surface area contributed by atoms with Crippen molar-refractivity contribution >= 4 is 28.7 Å². The molecule has 0 saturated carbocycles. The first-order chi connectivity index (χ1) is 10.2. The second-order valence-corrected chi connectivity index (χ2v) is 4.08. The second kappa shape index (κ2) is 6.51. The third-order valence-corrected chi connectivity index (χ3v) is 2.68. The Hall–Kier alpha value is -2.89. The minimum atomic E-state index is -0.618. The molecule has 1 N–H and O–H groups in total. The first-order valence-electron chi connectivity index (χ1n) is 6.18. The Labute approximate surface area is 121 Å². The van der Waals surface area contributed by atoms with Crippen LogP contribution in [0.5, 0.6) is 0 Å². The van der Waals surface area contributed by atoms with Crippen LogP contribution < -0.4 is 5.32 Å². The van der Waals surface area contributed by atoms with Crippen molar-refractivity contribution in [3.8, 4) is 0 Å². The summed E-state index contributed by atoms with van der Waals surface area (Å²) in [4.78, 5) is 27.3. The smallest absolute Gasteiger partial charge is 0.412 e. The number of fused-ring (bicyclic) bond motifs is 1. The largest absolute Gasteiger partial charge is 0.464 e. The van der Waals surface area contributed by atoms with Gasteiger partial charge in [0.1, 0.15) is 12.3 Å². The highest BCUT2D eigenvalue weighted by molar-refractivity contribution is 5.99. The fourth-order valence-corrected chi connectivity index (χ4v) is 1.75. The van der Waals surface area contributed by atoms with E-state index in [0.717, 1.165) is 5.39 Å². The van der Waals surface area contributed by atoms with E-state index >= 15 is 0 Å². The lowest BCUT2D eigenvalue weighted by molar-refractivity contribution is 0.0594. The molecule has 0 aliphatic heterocycles. The molecule has 2 rings (SSSR count). The topological polar surface area (TPSA) is 77.5 Å². The Morgan fingerprint density at radius 1 is 1.33 bits per heavy atom. The maximum atomic E-state index is 11.6. The fraction of sp³-hybridized carbons (Fsp3) is 0.133. The Balaban J connectivity index is 2.36. The summed E-state index contributed by atoms with van der Waals surface area (Å²) in [5.41, 5.74) is 1.10. The summed E-state index contributed by atoms with van der Waals surface area (Å²) in [6, 6.07) is 8.56. The van der Waals surface area contributed by atoms with Crippen LogP contribution >= 0.6 is 0 Å². The molecule has 6 heteroatoms. The fourth-order valence-electron chi connectivity index (χ4n) is 1.75. The highest BCUT2D eigenvalue weighted by Crippen LogP contribution is 2.22. The lowest BCUT2D eigenvalue weighted by atomic mass is 10.1. The van der Waals surface area contributed by atoms with E-state index in [0.29, 0.717) is 11.2 Å². The van der Waals surface area contributed by atoms with E-state index in [1.165, 1.54) is 13.2 Å². The number of rotatable bonds is 4. The van der Waals surface area contributed by atoms with E-state index in [9.17, 15) is 9.59 Å². The number of methoxy groups -OCH3 is 1. The number of benzene rings is 1. The number of pyridine rings is 1. The summed E-state index contributed by atoms with van der Waals surface area (Å²) in [5, 5.41) is 3.36. The summed E-state index contributed by atoms with van der Waals surface area (Å²) >= 11 is 0. The molecule has 0 aliphatic rings. The minimum Gasteiger partial charge on any atom is -0.464 e. The molecular weight excluding hydrogens is 272 g/mol. The van der Waals surface area contributed by atoms with Crippen LogP contribution in [0, 0.1) is 0 Å². The van der Waals surface area contributed by atoms with Crippen LogP contribution in [-0.2, 0) is 9.47 Å². The zero-order valence-electron chi connectivity index (χ0n) is 11.5. The monoisotopic (exact) mass is 286 g/mol. The Morgan fingerprint density at radius 2 is 2.14 bits per heavy atom. The summed E-state index contributed by atoms with van der Waals surface area (Å²) < 4.78 is 9.49. The van der Waals surface area contributed by atoms with Crippen molar-refractivity contribution in [1.82, 2.24) is 4.98 Å². The maximum Gasteiger partial charge on any atom is 0.412 e. The number of amides is 1. The lowest BCUT2D eigenvalue weighted by Gasteiger charge is -2.09. The number of anilines is 1. The van der Waals surface area contributed by atoms with E-state index in [-0.39, 0.29) is 12.3 Å². The maximum absolute atomic E-state index is 11.6. The molecule has 1 aromatic carbocycles. The first kappa shape index (κ1) is 14.5. The van der Waals surface area contributed by atoms with Gasteiger partial charge in [-0.3, -0.25) is 5.32 Å². The van der Waals surface area contributed by atoms with Crippen LogP contribution in [0.25, 0.3) is 10.9 Å². The van der Waals surface area contributed by atoms with Gasteiger partial charge in [-0.2, -0.15) is 0 Å². The van der Waals surface area contributed by atoms with E-state index in [1.807, 2.05) is 6.07 Å². The average molecular weight is 286 g/mol. The van der Waals surface area contributed by atoms with Gasteiger partial charge in [0.05, 0.1) is 18.3 Å². The number of carbonyl (C=O) groups is 2. The zero-order valence-corrected chi connectivity index (χ0v) is 11.5. The van der Waals surface area contributed by atoms with Crippen molar-refractivity contribution in [1.29, 1.82) is 0 Å². The summed E-state index contributed by atoms with van der Waals surface area (Å²) in [7, 11) is 1.28. The molecule has 0 unspecified atom stereocenters. The Bertz CT molecular complexity index is 697. The highest BCUT2D eigenvalue weighted by Gasteiger charge is 2.11. The SMILES string of the molecule is C=CCOC(=O)Nc1cccc2ccc(C(=O)OC)nc12. The van der Waals surface area contributed by atoms with Crippen LogP contribution in [0.4, 0.5) is 10.5 Å². The number of carbonyl (C=O) groups excluding carboxylic acids is 2. The predicted octanol–water partition coefficient (Wildman–Crippen LogP) is 2.76. The van der Waals surface area contributed by atoms with Gasteiger partial charge in [-0.15, -0.1) is 0 Å². The Morgan fingerprint density at radius 3 is 2.86 bits per heavy atom. The number of hydrogen-bond acceptors (Lipinski definition) is 5. The van der Waals surface area contributed by atoms with Crippen LogP contribution in [0.2, 0.25) is 0 Å². The number of hydrogen-bond donors (Lipinski definition) is 1. The quantitative estimate of drug-likeness (QED) is 0.690. The number of para-hydroxylation sites is 1. The molecule has 0 saturated heterocycles. The molecule has 1 amide bonds. The second-order valence-electron chi connectivity index (χ2n) is 4.08. The number of ether oxygens (including phenoxy) is 2. The van der Waals surface area contributed by atoms with Gasteiger partial charge in [-0.25, -0.2) is 14.6 Å². The molecule has 2 aromatic rings. The highest BCUT2D eigenvalue weighted by atomic mass is 16.5. The molecule has 0 aliphatic carbocycles. The van der Waals surface area contributed by atoms with Gasteiger partial charge in [-0.05, 0) is 12.1 Å². The molecule has 0 spiro atoms. The third-order valence-electron chi connectivity index (χ3n) is 2.68. The van der Waals surface area contributed by atoms with Gasteiger partial charge in [-0.1, -0.05) is 30.9 Å². The summed E-state index contributed by atoms with van der Waals surface area (Å²) in [6.07, 6.45) is 0.851.